The molecule has 1 aromatic heterocycles. The number of ether oxygens (including phenoxy) is 1. The maximum Gasteiger partial charge on any atom is 0.357 e. The second-order valence-electron chi connectivity index (χ2n) is 5.17. The number of carbonyl (C=O) groups is 3. The van der Waals surface area contributed by atoms with Gasteiger partial charge in [0, 0.05) is 12.3 Å². The minimum Gasteiger partial charge on any atom is -0.461 e. The number of anilines is 1. The summed E-state index contributed by atoms with van der Waals surface area (Å²) in [6, 6.07) is 8.79. The number of amides is 2. The minimum atomic E-state index is -0.528. The van der Waals surface area contributed by atoms with Gasteiger partial charge in [0.15, 0.2) is 10.8 Å². The lowest BCUT2D eigenvalue weighted by molar-refractivity contribution is -0.120. The number of esters is 1. The van der Waals surface area contributed by atoms with Crippen molar-refractivity contribution in [2.24, 2.45) is 0 Å². The van der Waals surface area contributed by atoms with E-state index in [1.165, 1.54) is 12.3 Å². The van der Waals surface area contributed by atoms with Crippen molar-refractivity contribution in [1.82, 2.24) is 10.3 Å². The molecule has 2 N–H and O–H groups in total. The largest absolute Gasteiger partial charge is 0.461 e. The molecule has 1 atom stereocenters. The molecule has 0 fully saturated rings. The number of nitrogens with zero attached hydrogens (tertiary/aromatic N) is 1. The number of aromatic nitrogens is 1. The van der Waals surface area contributed by atoms with Gasteiger partial charge in [-0.1, -0.05) is 30.3 Å². The van der Waals surface area contributed by atoms with E-state index in [-0.39, 0.29) is 30.5 Å². The predicted octanol–water partition coefficient (Wildman–Crippen LogP) is 2.53. The zero-order chi connectivity index (χ0) is 18.2. The van der Waals surface area contributed by atoms with E-state index < -0.39 is 12.0 Å². The van der Waals surface area contributed by atoms with Gasteiger partial charge in [0.1, 0.15) is 0 Å². The molecule has 1 unspecified atom stereocenters. The van der Waals surface area contributed by atoms with Gasteiger partial charge >= 0.3 is 5.97 Å². The average Bonchev–Trinajstić information content (AvgIpc) is 3.03. The number of nitrogens with one attached hydrogen (secondary N) is 2. The van der Waals surface area contributed by atoms with Crippen LogP contribution < -0.4 is 10.6 Å². The van der Waals surface area contributed by atoms with E-state index in [2.05, 4.69) is 15.6 Å². The van der Waals surface area contributed by atoms with Crippen LogP contribution in [0.4, 0.5) is 5.13 Å². The van der Waals surface area contributed by atoms with E-state index in [0.717, 1.165) is 16.9 Å². The van der Waals surface area contributed by atoms with Crippen LogP contribution in [-0.2, 0) is 14.3 Å². The third-order valence-corrected chi connectivity index (χ3v) is 3.96. The molecule has 2 rings (SSSR count). The molecule has 0 saturated heterocycles. The molecule has 2 amide bonds. The fourth-order valence-electron chi connectivity index (χ4n) is 2.17. The van der Waals surface area contributed by atoms with Crippen molar-refractivity contribution < 1.29 is 19.1 Å². The highest BCUT2D eigenvalue weighted by atomic mass is 32.1. The maximum atomic E-state index is 12.3. The standard InChI is InChI=1S/C17H19N3O4S/c1-3-24-16(23)14-10-25-17(19-14)20-15(22)9-13(18-11(2)21)12-7-5-4-6-8-12/h4-8,10,13H,3,9H2,1-2H3,(H,18,21)(H,19,20,22). The Labute approximate surface area is 149 Å². The van der Waals surface area contributed by atoms with Gasteiger partial charge in [-0.2, -0.15) is 0 Å². The fraction of sp³-hybridized carbons (Fsp3) is 0.294. The summed E-state index contributed by atoms with van der Waals surface area (Å²) in [5, 5.41) is 7.24. The van der Waals surface area contributed by atoms with E-state index >= 15 is 0 Å². The molecular formula is C17H19N3O4S. The van der Waals surface area contributed by atoms with Crippen LogP contribution >= 0.6 is 11.3 Å². The molecule has 0 aliphatic carbocycles. The lowest BCUT2D eigenvalue weighted by Crippen LogP contribution is -2.29. The van der Waals surface area contributed by atoms with E-state index in [0.29, 0.717) is 5.13 Å². The molecule has 0 saturated carbocycles. The highest BCUT2D eigenvalue weighted by Gasteiger charge is 2.18. The molecule has 0 spiro atoms. The number of thiazole rings is 1. The number of hydrogen-bond donors (Lipinski definition) is 2. The number of benzene rings is 1. The minimum absolute atomic E-state index is 0.0535. The maximum absolute atomic E-state index is 12.3. The van der Waals surface area contributed by atoms with Crippen LogP contribution in [-0.4, -0.2) is 29.4 Å². The Morgan fingerprint density at radius 2 is 1.96 bits per heavy atom. The Bertz CT molecular complexity index is 745. The van der Waals surface area contributed by atoms with E-state index in [9.17, 15) is 14.4 Å². The first-order valence-corrected chi connectivity index (χ1v) is 8.62. The molecule has 132 valence electrons. The molecular weight excluding hydrogens is 342 g/mol. The molecule has 8 heteroatoms. The van der Waals surface area contributed by atoms with Crippen molar-refractivity contribution in [2.75, 3.05) is 11.9 Å². The summed E-state index contributed by atoms with van der Waals surface area (Å²) in [5.74, 6) is -1.06. The van der Waals surface area contributed by atoms with Crippen LogP contribution in [0.1, 0.15) is 42.4 Å². The first kappa shape index (κ1) is 18.6. The number of hydrogen-bond acceptors (Lipinski definition) is 6. The second kappa shape index (κ2) is 8.93. The average molecular weight is 361 g/mol. The summed E-state index contributed by atoms with van der Waals surface area (Å²) in [7, 11) is 0. The van der Waals surface area contributed by atoms with Gasteiger partial charge < -0.3 is 15.4 Å². The topological polar surface area (TPSA) is 97.4 Å². The van der Waals surface area contributed by atoms with Crippen LogP contribution in [0, 0.1) is 0 Å². The van der Waals surface area contributed by atoms with Crippen molar-refractivity contribution in [3.05, 3.63) is 47.0 Å². The Hall–Kier alpha value is -2.74. The van der Waals surface area contributed by atoms with Crippen molar-refractivity contribution >= 4 is 34.3 Å². The smallest absolute Gasteiger partial charge is 0.357 e. The summed E-state index contributed by atoms with van der Waals surface area (Å²) in [6.07, 6.45) is 0.0535. The molecule has 0 aliphatic rings. The van der Waals surface area contributed by atoms with Gasteiger partial charge in [-0.15, -0.1) is 11.3 Å². The summed E-state index contributed by atoms with van der Waals surface area (Å²) < 4.78 is 4.86. The van der Waals surface area contributed by atoms with Gasteiger partial charge in [-0.05, 0) is 12.5 Å². The monoisotopic (exact) mass is 361 g/mol. The highest BCUT2D eigenvalue weighted by Crippen LogP contribution is 2.20. The van der Waals surface area contributed by atoms with E-state index in [4.69, 9.17) is 4.74 Å². The SMILES string of the molecule is CCOC(=O)c1csc(NC(=O)CC(NC(C)=O)c2ccccc2)n1. The van der Waals surface area contributed by atoms with Crippen LogP contribution in [0.15, 0.2) is 35.7 Å². The molecule has 25 heavy (non-hydrogen) atoms. The Morgan fingerprint density at radius 1 is 1.24 bits per heavy atom. The molecule has 1 heterocycles. The van der Waals surface area contributed by atoms with Gasteiger partial charge in [-0.3, -0.25) is 9.59 Å². The quantitative estimate of drug-likeness (QED) is 0.739. The predicted molar refractivity (Wildman–Crippen MR) is 94.3 cm³/mol. The summed E-state index contributed by atoms with van der Waals surface area (Å²) in [4.78, 5) is 39.3. The van der Waals surface area contributed by atoms with E-state index in [1.807, 2.05) is 30.3 Å². The summed E-state index contributed by atoms with van der Waals surface area (Å²) in [6.45, 7) is 3.37. The van der Waals surface area contributed by atoms with Crippen LogP contribution in [0.5, 0.6) is 0 Å². The molecule has 0 bridgehead atoms. The lowest BCUT2D eigenvalue weighted by atomic mass is 10.0. The zero-order valence-corrected chi connectivity index (χ0v) is 14.8. The van der Waals surface area contributed by atoms with Gasteiger partial charge in [-0.25, -0.2) is 9.78 Å². The Kier molecular flexibility index (Phi) is 6.64. The van der Waals surface area contributed by atoms with Crippen molar-refractivity contribution in [3.8, 4) is 0 Å². The third-order valence-electron chi connectivity index (χ3n) is 3.20. The molecule has 2 aromatic rings. The normalized spacial score (nSPS) is 11.4. The van der Waals surface area contributed by atoms with E-state index in [1.54, 1.807) is 6.92 Å². The van der Waals surface area contributed by atoms with Crippen molar-refractivity contribution in [3.63, 3.8) is 0 Å². The summed E-state index contributed by atoms with van der Waals surface area (Å²) >= 11 is 1.14. The molecule has 1 aromatic carbocycles. The lowest BCUT2D eigenvalue weighted by Gasteiger charge is -2.17. The zero-order valence-electron chi connectivity index (χ0n) is 13.9. The third kappa shape index (κ3) is 5.68. The number of carbonyl (C=O) groups excluding carboxylic acids is 3. The fourth-order valence-corrected chi connectivity index (χ4v) is 2.86. The van der Waals surface area contributed by atoms with Gasteiger partial charge in [0.2, 0.25) is 11.8 Å². The molecule has 0 aliphatic heterocycles. The Morgan fingerprint density at radius 3 is 2.60 bits per heavy atom. The number of rotatable bonds is 7. The van der Waals surface area contributed by atoms with Crippen molar-refractivity contribution in [2.45, 2.75) is 26.3 Å². The van der Waals surface area contributed by atoms with Crippen LogP contribution in [0.3, 0.4) is 0 Å². The summed E-state index contributed by atoms with van der Waals surface area (Å²) in [5.41, 5.74) is 0.989. The molecule has 0 radical (unpaired) electrons. The van der Waals surface area contributed by atoms with Crippen LogP contribution in [0.2, 0.25) is 0 Å². The molecule has 7 nitrogen and oxygen atoms in total. The highest BCUT2D eigenvalue weighted by molar-refractivity contribution is 7.14. The first-order chi connectivity index (χ1) is 12.0. The second-order valence-corrected chi connectivity index (χ2v) is 6.03. The van der Waals surface area contributed by atoms with Gasteiger partial charge in [0.25, 0.3) is 0 Å². The van der Waals surface area contributed by atoms with Gasteiger partial charge in [0.05, 0.1) is 19.1 Å². The van der Waals surface area contributed by atoms with Crippen molar-refractivity contribution in [1.29, 1.82) is 0 Å². The Balaban J connectivity index is 2.01. The first-order valence-electron chi connectivity index (χ1n) is 7.74. The van der Waals surface area contributed by atoms with Crippen LogP contribution in [0.25, 0.3) is 0 Å².